The summed E-state index contributed by atoms with van der Waals surface area (Å²) in [5.41, 5.74) is 1.36. The summed E-state index contributed by atoms with van der Waals surface area (Å²) in [7, 11) is 0. The molecule has 0 amide bonds. The fourth-order valence-corrected chi connectivity index (χ4v) is 1.92. The monoisotopic (exact) mass is 204 g/mol. The van der Waals surface area contributed by atoms with Crippen molar-refractivity contribution in [3.8, 4) is 6.07 Å². The minimum Gasteiger partial charge on any atom is -0.236 e. The highest BCUT2D eigenvalue weighted by Gasteiger charge is 2.02. The van der Waals surface area contributed by atoms with Crippen LogP contribution in [0.25, 0.3) is 21.7 Å². The first kappa shape index (κ1) is 8.87. The lowest BCUT2D eigenvalue weighted by molar-refractivity contribution is 1.33. The first-order valence-electron chi connectivity index (χ1n) is 5.07. The van der Waals surface area contributed by atoms with E-state index in [9.17, 15) is 0 Å². The van der Waals surface area contributed by atoms with E-state index < -0.39 is 0 Å². The SMILES string of the molecule is N#Cc1ccc2ccc3ccccc3c2n1. The molecule has 1 heterocycles. The Morgan fingerprint density at radius 3 is 2.50 bits per heavy atom. The van der Waals surface area contributed by atoms with Gasteiger partial charge in [-0.3, -0.25) is 0 Å². The van der Waals surface area contributed by atoms with Crippen LogP contribution in [0.15, 0.2) is 48.5 Å². The fraction of sp³-hybridized carbons (Fsp3) is 0. The smallest absolute Gasteiger partial charge is 0.141 e. The first-order valence-corrected chi connectivity index (χ1v) is 5.07. The van der Waals surface area contributed by atoms with Gasteiger partial charge in [0.2, 0.25) is 0 Å². The Labute approximate surface area is 92.8 Å². The number of nitriles is 1. The summed E-state index contributed by atoms with van der Waals surface area (Å²) in [6.07, 6.45) is 0. The number of benzene rings is 2. The summed E-state index contributed by atoms with van der Waals surface area (Å²) in [5, 5.41) is 12.2. The van der Waals surface area contributed by atoms with Crippen LogP contribution in [-0.2, 0) is 0 Å². The number of hydrogen-bond donors (Lipinski definition) is 0. The van der Waals surface area contributed by atoms with E-state index >= 15 is 0 Å². The van der Waals surface area contributed by atoms with Crippen molar-refractivity contribution in [2.45, 2.75) is 0 Å². The van der Waals surface area contributed by atoms with Crippen LogP contribution in [0.1, 0.15) is 5.69 Å². The van der Waals surface area contributed by atoms with Gasteiger partial charge in [-0.15, -0.1) is 0 Å². The van der Waals surface area contributed by atoms with Crippen LogP contribution in [0.5, 0.6) is 0 Å². The van der Waals surface area contributed by atoms with Gasteiger partial charge in [0.25, 0.3) is 0 Å². The molecule has 0 fully saturated rings. The van der Waals surface area contributed by atoms with Crippen molar-refractivity contribution in [3.63, 3.8) is 0 Å². The maximum atomic E-state index is 8.86. The molecule has 0 saturated carbocycles. The normalized spacial score (nSPS) is 10.4. The van der Waals surface area contributed by atoms with E-state index in [1.165, 1.54) is 0 Å². The van der Waals surface area contributed by atoms with Gasteiger partial charge in [0.1, 0.15) is 11.8 Å². The maximum Gasteiger partial charge on any atom is 0.141 e. The quantitative estimate of drug-likeness (QED) is 0.527. The Bertz CT molecular complexity index is 723. The summed E-state index contributed by atoms with van der Waals surface area (Å²) >= 11 is 0. The number of fused-ring (bicyclic) bond motifs is 3. The average Bonchev–Trinajstić information content (AvgIpc) is 2.38. The second-order valence-electron chi connectivity index (χ2n) is 3.67. The van der Waals surface area contributed by atoms with E-state index in [1.54, 1.807) is 6.07 Å². The number of pyridine rings is 1. The minimum absolute atomic E-state index is 0.462. The molecule has 0 bridgehead atoms. The second kappa shape index (κ2) is 3.32. The molecule has 1 aromatic heterocycles. The standard InChI is InChI=1S/C14H8N2/c15-9-12-8-7-11-6-5-10-3-1-2-4-13(10)14(11)16-12/h1-8H. The zero-order chi connectivity index (χ0) is 11.0. The fourth-order valence-electron chi connectivity index (χ4n) is 1.92. The van der Waals surface area contributed by atoms with Crippen LogP contribution in [-0.4, -0.2) is 4.98 Å². The van der Waals surface area contributed by atoms with Crippen molar-refractivity contribution in [2.24, 2.45) is 0 Å². The molecule has 3 aromatic rings. The van der Waals surface area contributed by atoms with Crippen molar-refractivity contribution < 1.29 is 0 Å². The largest absolute Gasteiger partial charge is 0.236 e. The van der Waals surface area contributed by atoms with Crippen LogP contribution in [0, 0.1) is 11.3 Å². The number of rotatable bonds is 0. The predicted octanol–water partition coefficient (Wildman–Crippen LogP) is 3.26. The lowest BCUT2D eigenvalue weighted by atomic mass is 10.1. The van der Waals surface area contributed by atoms with Crippen LogP contribution in [0.4, 0.5) is 0 Å². The number of hydrogen-bond acceptors (Lipinski definition) is 2. The number of aromatic nitrogens is 1. The molecule has 2 aromatic carbocycles. The zero-order valence-electron chi connectivity index (χ0n) is 8.51. The van der Waals surface area contributed by atoms with Crippen molar-refractivity contribution in [2.75, 3.05) is 0 Å². The molecule has 0 aliphatic heterocycles. The summed E-state index contributed by atoms with van der Waals surface area (Å²) in [5.74, 6) is 0. The van der Waals surface area contributed by atoms with Crippen molar-refractivity contribution in [1.29, 1.82) is 5.26 Å². The lowest BCUT2D eigenvalue weighted by Gasteiger charge is -2.02. The summed E-state index contributed by atoms with van der Waals surface area (Å²) in [6.45, 7) is 0. The molecule has 3 rings (SSSR count). The van der Waals surface area contributed by atoms with Gasteiger partial charge in [0.05, 0.1) is 5.52 Å². The third-order valence-corrected chi connectivity index (χ3v) is 2.70. The Morgan fingerprint density at radius 2 is 1.62 bits per heavy atom. The Balaban J connectivity index is 2.53. The molecule has 0 radical (unpaired) electrons. The molecule has 0 unspecified atom stereocenters. The average molecular weight is 204 g/mol. The zero-order valence-corrected chi connectivity index (χ0v) is 8.51. The summed E-state index contributed by atoms with van der Waals surface area (Å²) < 4.78 is 0. The van der Waals surface area contributed by atoms with Crippen LogP contribution in [0.3, 0.4) is 0 Å². The maximum absolute atomic E-state index is 8.86. The highest BCUT2D eigenvalue weighted by Crippen LogP contribution is 2.23. The highest BCUT2D eigenvalue weighted by atomic mass is 14.7. The highest BCUT2D eigenvalue weighted by molar-refractivity contribution is 6.05. The van der Waals surface area contributed by atoms with Crippen molar-refractivity contribution in [3.05, 3.63) is 54.2 Å². The second-order valence-corrected chi connectivity index (χ2v) is 3.67. The van der Waals surface area contributed by atoms with Crippen LogP contribution in [0.2, 0.25) is 0 Å². The molecule has 16 heavy (non-hydrogen) atoms. The first-order chi connectivity index (χ1) is 7.88. The van der Waals surface area contributed by atoms with Crippen LogP contribution >= 0.6 is 0 Å². The molecule has 2 heteroatoms. The van der Waals surface area contributed by atoms with Gasteiger partial charge in [-0.25, -0.2) is 4.98 Å². The topological polar surface area (TPSA) is 36.7 Å². The van der Waals surface area contributed by atoms with Gasteiger partial charge in [0.15, 0.2) is 0 Å². The van der Waals surface area contributed by atoms with Gasteiger partial charge < -0.3 is 0 Å². The van der Waals surface area contributed by atoms with Gasteiger partial charge >= 0.3 is 0 Å². The third-order valence-electron chi connectivity index (χ3n) is 2.70. The van der Waals surface area contributed by atoms with E-state index in [1.807, 2.05) is 30.3 Å². The van der Waals surface area contributed by atoms with E-state index in [0.717, 1.165) is 21.7 Å². The summed E-state index contributed by atoms with van der Waals surface area (Å²) in [4.78, 5) is 4.36. The molecular formula is C14H8N2. The minimum atomic E-state index is 0.462. The van der Waals surface area contributed by atoms with E-state index in [4.69, 9.17) is 5.26 Å². The Morgan fingerprint density at radius 1 is 0.875 bits per heavy atom. The molecule has 2 nitrogen and oxygen atoms in total. The van der Waals surface area contributed by atoms with Crippen molar-refractivity contribution >= 4 is 21.7 Å². The molecule has 0 N–H and O–H groups in total. The van der Waals surface area contributed by atoms with E-state index in [2.05, 4.69) is 23.2 Å². The molecular weight excluding hydrogens is 196 g/mol. The van der Waals surface area contributed by atoms with E-state index in [0.29, 0.717) is 5.69 Å². The lowest BCUT2D eigenvalue weighted by Crippen LogP contribution is -1.85. The number of nitrogens with zero attached hydrogens (tertiary/aromatic N) is 2. The van der Waals surface area contributed by atoms with Crippen molar-refractivity contribution in [1.82, 2.24) is 4.98 Å². The molecule has 0 saturated heterocycles. The van der Waals surface area contributed by atoms with E-state index in [-0.39, 0.29) is 0 Å². The molecule has 0 aliphatic rings. The van der Waals surface area contributed by atoms with Crippen LogP contribution < -0.4 is 0 Å². The van der Waals surface area contributed by atoms with Gasteiger partial charge in [0, 0.05) is 10.8 Å². The van der Waals surface area contributed by atoms with Gasteiger partial charge in [-0.2, -0.15) is 5.26 Å². The molecule has 74 valence electrons. The van der Waals surface area contributed by atoms with Gasteiger partial charge in [-0.05, 0) is 17.5 Å². The predicted molar refractivity (Wildman–Crippen MR) is 64.0 cm³/mol. The molecule has 0 atom stereocenters. The molecule has 0 aliphatic carbocycles. The summed E-state index contributed by atoms with van der Waals surface area (Å²) in [6, 6.07) is 17.9. The Kier molecular flexibility index (Phi) is 1.84. The molecule has 0 spiro atoms. The van der Waals surface area contributed by atoms with Gasteiger partial charge in [-0.1, -0.05) is 36.4 Å². The third kappa shape index (κ3) is 1.23. The Hall–Kier alpha value is -2.40.